The fraction of sp³-hybridized carbons (Fsp3) is 0.458. The van der Waals surface area contributed by atoms with Crippen molar-refractivity contribution in [3.8, 4) is 12.8 Å². The molecule has 0 saturated heterocycles. The molecule has 1 atom stereocenters. The summed E-state index contributed by atoms with van der Waals surface area (Å²) in [6.45, 7) is 16.1. The van der Waals surface area contributed by atoms with E-state index >= 15 is 0 Å². The maximum Gasteiger partial charge on any atom is 0.200 e. The van der Waals surface area contributed by atoms with Crippen molar-refractivity contribution in [2.75, 3.05) is 12.4 Å². The first-order chi connectivity index (χ1) is 13.2. The van der Waals surface area contributed by atoms with Crippen LogP contribution in [-0.4, -0.2) is 17.0 Å². The number of nitrogens with zero attached hydrogens (tertiary/aromatic N) is 1. The maximum atomic E-state index is 6.09. The molecule has 2 N–H and O–H groups in total. The topological polar surface area (TPSA) is 40.7 Å². The molecule has 3 rings (SSSR count). The van der Waals surface area contributed by atoms with Gasteiger partial charge in [-0.15, -0.1) is 19.4 Å². The Kier molecular flexibility index (Phi) is 11.4. The molecule has 4 heteroatoms. The van der Waals surface area contributed by atoms with E-state index in [1.54, 1.807) is 6.08 Å². The van der Waals surface area contributed by atoms with Crippen LogP contribution in [0.5, 0.6) is 0 Å². The number of halogens is 1. The van der Waals surface area contributed by atoms with E-state index in [1.807, 2.05) is 27.8 Å². The molecule has 0 radical (unpaired) electrons. The number of allylic oxidation sites excluding steroid dienone is 1. The molecular weight excluding hydrogens is 366 g/mol. The van der Waals surface area contributed by atoms with E-state index in [-0.39, 0.29) is 0 Å². The Balaban J connectivity index is 0.000000449. The number of aromatic nitrogens is 2. The van der Waals surface area contributed by atoms with Gasteiger partial charge in [0.15, 0.2) is 5.95 Å². The van der Waals surface area contributed by atoms with Gasteiger partial charge in [-0.25, -0.2) is 4.98 Å². The number of aromatic amines is 1. The largest absolute Gasteiger partial charge is 0.359 e. The van der Waals surface area contributed by atoms with Gasteiger partial charge in [0.2, 0.25) is 0 Å². The van der Waals surface area contributed by atoms with Crippen molar-refractivity contribution in [3.63, 3.8) is 0 Å². The first-order valence-corrected chi connectivity index (χ1v) is 9.96. The number of terminal acetylenes is 1. The third kappa shape index (κ3) is 8.23. The summed E-state index contributed by atoms with van der Waals surface area (Å²) in [7, 11) is 1.84. The molecule has 1 aromatic carbocycles. The molecule has 1 aliphatic rings. The Morgan fingerprint density at radius 2 is 1.86 bits per heavy atom. The van der Waals surface area contributed by atoms with Crippen LogP contribution in [0.2, 0.25) is 5.02 Å². The minimum absolute atomic E-state index is 0.496. The van der Waals surface area contributed by atoms with Gasteiger partial charge in [-0.1, -0.05) is 44.5 Å². The molecule has 0 bridgehead atoms. The maximum absolute atomic E-state index is 6.09. The lowest BCUT2D eigenvalue weighted by Crippen LogP contribution is -1.91. The highest BCUT2D eigenvalue weighted by molar-refractivity contribution is 6.30. The third-order valence-electron chi connectivity index (χ3n) is 4.67. The second-order valence-electron chi connectivity index (χ2n) is 7.45. The van der Waals surface area contributed by atoms with Crippen LogP contribution in [0.4, 0.5) is 5.95 Å². The predicted molar refractivity (Wildman–Crippen MR) is 125 cm³/mol. The summed E-state index contributed by atoms with van der Waals surface area (Å²) >= 11 is 6.09. The number of anilines is 1. The Bertz CT molecular complexity index is 737. The average Bonchev–Trinajstić information content (AvgIpc) is 3.18. The van der Waals surface area contributed by atoms with Crippen molar-refractivity contribution >= 4 is 17.5 Å². The first-order valence-electron chi connectivity index (χ1n) is 9.59. The van der Waals surface area contributed by atoms with Crippen molar-refractivity contribution in [1.82, 2.24) is 9.97 Å². The molecule has 0 spiro atoms. The van der Waals surface area contributed by atoms with E-state index < -0.39 is 0 Å². The number of imidazole rings is 1. The Morgan fingerprint density at radius 1 is 1.32 bits per heavy atom. The van der Waals surface area contributed by atoms with Crippen LogP contribution in [0.1, 0.15) is 62.5 Å². The molecule has 0 aliphatic heterocycles. The van der Waals surface area contributed by atoms with E-state index in [9.17, 15) is 0 Å². The van der Waals surface area contributed by atoms with E-state index in [2.05, 4.69) is 73.7 Å². The van der Waals surface area contributed by atoms with Crippen molar-refractivity contribution < 1.29 is 0 Å². The lowest BCUT2D eigenvalue weighted by molar-refractivity contribution is 0.621. The van der Waals surface area contributed by atoms with Crippen molar-refractivity contribution in [3.05, 3.63) is 58.4 Å². The molecule has 0 amide bonds. The highest BCUT2D eigenvalue weighted by Gasteiger charge is 2.46. The number of hydrogen-bond acceptors (Lipinski definition) is 2. The van der Waals surface area contributed by atoms with E-state index in [0.29, 0.717) is 5.41 Å². The summed E-state index contributed by atoms with van der Waals surface area (Å²) in [6, 6.07) is 6.51. The van der Waals surface area contributed by atoms with E-state index in [0.717, 1.165) is 34.7 Å². The van der Waals surface area contributed by atoms with Crippen LogP contribution in [0.15, 0.2) is 30.9 Å². The Hall–Kier alpha value is -2.18. The number of rotatable bonds is 3. The lowest BCUT2D eigenvalue weighted by atomic mass is 10.0. The van der Waals surface area contributed by atoms with Gasteiger partial charge in [-0.3, -0.25) is 0 Å². The second kappa shape index (κ2) is 12.3. The van der Waals surface area contributed by atoms with Crippen LogP contribution in [-0.2, 0) is 6.42 Å². The summed E-state index contributed by atoms with van der Waals surface area (Å²) in [6.07, 6.45) is 12.1. The summed E-state index contributed by atoms with van der Waals surface area (Å²) in [4.78, 5) is 7.23. The smallest absolute Gasteiger partial charge is 0.200 e. The van der Waals surface area contributed by atoms with Gasteiger partial charge in [-0.05, 0) is 68.2 Å². The number of hydrogen-bond donors (Lipinski definition) is 2. The molecule has 28 heavy (non-hydrogen) atoms. The zero-order valence-corrected chi connectivity index (χ0v) is 19.2. The number of aryl methyl sites for hydroxylation is 3. The molecule has 1 aromatic heterocycles. The minimum atomic E-state index is 0.496. The van der Waals surface area contributed by atoms with Gasteiger partial charge in [0.1, 0.15) is 0 Å². The summed E-state index contributed by atoms with van der Waals surface area (Å²) in [5.41, 5.74) is 5.46. The van der Waals surface area contributed by atoms with Crippen molar-refractivity contribution in [1.29, 1.82) is 0 Å². The molecule has 154 valence electrons. The highest BCUT2D eigenvalue weighted by Crippen LogP contribution is 2.58. The third-order valence-corrected chi connectivity index (χ3v) is 4.89. The Labute approximate surface area is 177 Å². The number of nitrogens with one attached hydrogen (secondary N) is 2. The van der Waals surface area contributed by atoms with Crippen LogP contribution in [0.25, 0.3) is 0 Å². The first kappa shape index (κ1) is 25.8. The zero-order valence-electron chi connectivity index (χ0n) is 18.5. The monoisotopic (exact) mass is 401 g/mol. The molecule has 1 aliphatic carbocycles. The van der Waals surface area contributed by atoms with Crippen molar-refractivity contribution in [2.45, 2.75) is 60.3 Å². The highest BCUT2D eigenvalue weighted by atomic mass is 35.5. The number of H-pyrrole nitrogens is 1. The normalized spacial score (nSPS) is 15.4. The van der Waals surface area contributed by atoms with Gasteiger partial charge < -0.3 is 10.3 Å². The SMILES string of the molecule is C#C.C=CC.CCc1cc(Cl)cc([C@@H]2CC2(C)C)c1.CNc1nc(C)c(C)[nH]1. The molecule has 1 heterocycles. The molecule has 1 fully saturated rings. The van der Waals surface area contributed by atoms with Crippen molar-refractivity contribution in [2.24, 2.45) is 5.41 Å². The van der Waals surface area contributed by atoms with E-state index in [4.69, 9.17) is 11.6 Å². The standard InChI is InChI=1S/C13H17Cl.C6H11N3.C3H6.C2H2/c1-4-9-5-10(7-11(14)6-9)12-8-13(12,2)3;1-4-5(2)9-6(7-3)8-4;1-3-2;1-2/h5-7,12H,4,8H2,1-3H3;1-3H3,(H2,7,8,9);3H,1H2,2H3;1-2H/t12-;;;/m0.../s1. The second-order valence-corrected chi connectivity index (χ2v) is 7.88. The van der Waals surface area contributed by atoms with E-state index in [1.165, 1.54) is 17.5 Å². The average molecular weight is 402 g/mol. The Morgan fingerprint density at radius 3 is 2.18 bits per heavy atom. The molecule has 2 aromatic rings. The van der Waals surface area contributed by atoms with Gasteiger partial charge in [-0.2, -0.15) is 0 Å². The van der Waals surface area contributed by atoms with Gasteiger partial charge >= 0.3 is 0 Å². The quantitative estimate of drug-likeness (QED) is 0.432. The van der Waals surface area contributed by atoms with Crippen LogP contribution >= 0.6 is 11.6 Å². The van der Waals surface area contributed by atoms with Crippen LogP contribution in [0.3, 0.4) is 0 Å². The summed E-state index contributed by atoms with van der Waals surface area (Å²) < 4.78 is 0. The molecule has 1 saturated carbocycles. The minimum Gasteiger partial charge on any atom is -0.359 e. The molecule has 3 nitrogen and oxygen atoms in total. The zero-order chi connectivity index (χ0) is 21.9. The summed E-state index contributed by atoms with van der Waals surface area (Å²) in [5, 5.41) is 3.81. The molecule has 0 unspecified atom stereocenters. The predicted octanol–water partition coefficient (Wildman–Crippen LogP) is 6.93. The van der Waals surface area contributed by atoms with Gasteiger partial charge in [0.25, 0.3) is 0 Å². The number of benzene rings is 1. The lowest BCUT2D eigenvalue weighted by Gasteiger charge is -2.06. The fourth-order valence-corrected chi connectivity index (χ4v) is 3.05. The van der Waals surface area contributed by atoms with Crippen LogP contribution in [0, 0.1) is 32.1 Å². The summed E-state index contributed by atoms with van der Waals surface area (Å²) in [5.74, 6) is 1.57. The molecular formula is C24H36ClN3. The van der Waals surface area contributed by atoms with Crippen LogP contribution < -0.4 is 5.32 Å². The fourth-order valence-electron chi connectivity index (χ4n) is 2.78. The van der Waals surface area contributed by atoms with Gasteiger partial charge in [0, 0.05) is 17.8 Å². The van der Waals surface area contributed by atoms with Gasteiger partial charge in [0.05, 0.1) is 5.69 Å².